The summed E-state index contributed by atoms with van der Waals surface area (Å²) in [5.41, 5.74) is 4.05. The van der Waals surface area contributed by atoms with Crippen LogP contribution in [0.25, 0.3) is 11.1 Å². The molecule has 2 heterocycles. The Morgan fingerprint density at radius 1 is 1.10 bits per heavy atom. The minimum atomic E-state index is 0.0229. The van der Waals surface area contributed by atoms with Gasteiger partial charge in [-0.15, -0.1) is 0 Å². The van der Waals surface area contributed by atoms with Crippen LogP contribution in [-0.2, 0) is 11.3 Å². The lowest BCUT2D eigenvalue weighted by atomic mass is 9.95. The van der Waals surface area contributed by atoms with Gasteiger partial charge in [-0.1, -0.05) is 30.3 Å². The molecular formula is C26H30N2O3. The van der Waals surface area contributed by atoms with Crippen LogP contribution in [0, 0.1) is 19.8 Å². The summed E-state index contributed by atoms with van der Waals surface area (Å²) in [5, 5.41) is 3.17. The first-order chi connectivity index (χ1) is 15.0. The number of amides is 1. The first-order valence-electron chi connectivity index (χ1n) is 10.9. The van der Waals surface area contributed by atoms with Crippen LogP contribution in [0.2, 0.25) is 0 Å². The van der Waals surface area contributed by atoms with Crippen molar-refractivity contribution in [3.63, 3.8) is 0 Å². The molecule has 162 valence electrons. The summed E-state index contributed by atoms with van der Waals surface area (Å²) >= 11 is 0. The number of ether oxygens (including phenoxy) is 1. The van der Waals surface area contributed by atoms with Crippen LogP contribution < -0.4 is 10.1 Å². The highest BCUT2D eigenvalue weighted by molar-refractivity contribution is 5.96. The molecule has 0 unspecified atom stereocenters. The van der Waals surface area contributed by atoms with Crippen LogP contribution in [-0.4, -0.2) is 31.0 Å². The van der Waals surface area contributed by atoms with Crippen LogP contribution in [0.3, 0.4) is 0 Å². The molecule has 5 nitrogen and oxygen atoms in total. The normalized spacial score (nSPS) is 15.1. The van der Waals surface area contributed by atoms with Gasteiger partial charge in [0.05, 0.1) is 13.7 Å². The zero-order valence-electron chi connectivity index (χ0n) is 18.5. The lowest BCUT2D eigenvalue weighted by molar-refractivity contribution is -0.121. The third kappa shape index (κ3) is 5.00. The molecule has 0 spiro atoms. The predicted molar refractivity (Wildman–Crippen MR) is 123 cm³/mol. The molecule has 1 N–H and O–H groups in total. The first kappa shape index (κ1) is 21.2. The largest absolute Gasteiger partial charge is 0.497 e. The Hall–Kier alpha value is -3.05. The number of benzene rings is 2. The number of furan rings is 1. The summed E-state index contributed by atoms with van der Waals surface area (Å²) in [6.45, 7) is 6.67. The SMILES string of the molecule is COc1cccc(-c2ccccc2NC(=O)C2CCN(Cc3cc(C)c(C)o3)CC2)c1. The second kappa shape index (κ2) is 9.40. The van der Waals surface area contributed by atoms with Gasteiger partial charge in [0.1, 0.15) is 17.3 Å². The van der Waals surface area contributed by atoms with Crippen molar-refractivity contribution in [2.45, 2.75) is 33.2 Å². The zero-order valence-corrected chi connectivity index (χ0v) is 18.5. The van der Waals surface area contributed by atoms with Gasteiger partial charge < -0.3 is 14.5 Å². The number of methoxy groups -OCH3 is 1. The van der Waals surface area contributed by atoms with E-state index in [1.807, 2.05) is 55.5 Å². The first-order valence-corrected chi connectivity index (χ1v) is 10.9. The molecule has 0 bridgehead atoms. The van der Waals surface area contributed by atoms with Gasteiger partial charge in [0, 0.05) is 17.2 Å². The number of likely N-dealkylation sites (tertiary alicyclic amines) is 1. The van der Waals surface area contributed by atoms with Gasteiger partial charge in [-0.3, -0.25) is 9.69 Å². The van der Waals surface area contributed by atoms with E-state index in [0.717, 1.165) is 66.6 Å². The summed E-state index contributed by atoms with van der Waals surface area (Å²) < 4.78 is 11.2. The van der Waals surface area contributed by atoms with E-state index in [-0.39, 0.29) is 11.8 Å². The number of para-hydroxylation sites is 1. The molecule has 1 amide bonds. The monoisotopic (exact) mass is 418 g/mol. The lowest BCUT2D eigenvalue weighted by Crippen LogP contribution is -2.37. The summed E-state index contributed by atoms with van der Waals surface area (Å²) in [6, 6.07) is 17.9. The highest BCUT2D eigenvalue weighted by Gasteiger charge is 2.26. The van der Waals surface area contributed by atoms with Crippen LogP contribution in [0.15, 0.2) is 59.0 Å². The summed E-state index contributed by atoms with van der Waals surface area (Å²) in [6.07, 6.45) is 1.71. The van der Waals surface area contributed by atoms with E-state index in [1.165, 1.54) is 5.56 Å². The number of rotatable bonds is 6. The molecule has 1 aliphatic rings. The van der Waals surface area contributed by atoms with Crippen LogP contribution in [0.4, 0.5) is 5.69 Å². The smallest absolute Gasteiger partial charge is 0.227 e. The maximum Gasteiger partial charge on any atom is 0.227 e. The third-order valence-electron chi connectivity index (χ3n) is 6.12. The summed E-state index contributed by atoms with van der Waals surface area (Å²) in [4.78, 5) is 15.4. The van der Waals surface area contributed by atoms with Crippen molar-refractivity contribution in [2.24, 2.45) is 5.92 Å². The molecule has 1 fully saturated rings. The molecule has 2 aromatic carbocycles. The number of carbonyl (C=O) groups is 1. The quantitative estimate of drug-likeness (QED) is 0.580. The van der Waals surface area contributed by atoms with Crippen molar-refractivity contribution in [1.82, 2.24) is 4.90 Å². The molecule has 0 aliphatic carbocycles. The predicted octanol–water partition coefficient (Wildman–Crippen LogP) is 5.42. The molecule has 1 saturated heterocycles. The molecular weight excluding hydrogens is 388 g/mol. The molecule has 31 heavy (non-hydrogen) atoms. The third-order valence-corrected chi connectivity index (χ3v) is 6.12. The van der Waals surface area contributed by atoms with Crippen molar-refractivity contribution in [1.29, 1.82) is 0 Å². The van der Waals surface area contributed by atoms with Crippen LogP contribution in [0.5, 0.6) is 5.75 Å². The second-order valence-electron chi connectivity index (χ2n) is 8.27. The number of nitrogens with one attached hydrogen (secondary N) is 1. The zero-order chi connectivity index (χ0) is 21.8. The van der Waals surface area contributed by atoms with E-state index in [1.54, 1.807) is 7.11 Å². The maximum absolute atomic E-state index is 13.0. The van der Waals surface area contributed by atoms with E-state index in [2.05, 4.69) is 23.2 Å². The van der Waals surface area contributed by atoms with Gasteiger partial charge in [0.15, 0.2) is 0 Å². The number of hydrogen-bond acceptors (Lipinski definition) is 4. The minimum Gasteiger partial charge on any atom is -0.497 e. The van der Waals surface area contributed by atoms with Gasteiger partial charge in [0.25, 0.3) is 0 Å². The molecule has 1 aromatic heterocycles. The van der Waals surface area contributed by atoms with Crippen molar-refractivity contribution in [3.05, 3.63) is 71.7 Å². The van der Waals surface area contributed by atoms with E-state index < -0.39 is 0 Å². The standard InChI is InChI=1S/C26H30N2O3/c1-18-15-23(31-19(18)2)17-28-13-11-20(12-14-28)26(29)27-25-10-5-4-9-24(25)21-7-6-8-22(16-21)30-3/h4-10,15-16,20H,11-14,17H2,1-3H3,(H,27,29). The number of nitrogens with zero attached hydrogens (tertiary/aromatic N) is 1. The fraction of sp³-hybridized carbons (Fsp3) is 0.346. The number of anilines is 1. The van der Waals surface area contributed by atoms with Crippen molar-refractivity contribution in [3.8, 4) is 16.9 Å². The number of aryl methyl sites for hydroxylation is 2. The minimum absolute atomic E-state index is 0.0229. The van der Waals surface area contributed by atoms with Crippen LogP contribution in [0.1, 0.15) is 29.9 Å². The van der Waals surface area contributed by atoms with Crippen LogP contribution >= 0.6 is 0 Å². The summed E-state index contributed by atoms with van der Waals surface area (Å²) in [5.74, 6) is 2.91. The molecule has 1 aliphatic heterocycles. The fourth-order valence-electron chi connectivity index (χ4n) is 4.17. The molecule has 3 aromatic rings. The average molecular weight is 419 g/mol. The summed E-state index contributed by atoms with van der Waals surface area (Å²) in [7, 11) is 1.66. The molecule has 0 atom stereocenters. The maximum atomic E-state index is 13.0. The Morgan fingerprint density at radius 2 is 1.87 bits per heavy atom. The Morgan fingerprint density at radius 3 is 2.58 bits per heavy atom. The topological polar surface area (TPSA) is 54.7 Å². The number of carbonyl (C=O) groups excluding carboxylic acids is 1. The Balaban J connectivity index is 1.38. The van der Waals surface area contributed by atoms with Gasteiger partial charge in [0.2, 0.25) is 5.91 Å². The highest BCUT2D eigenvalue weighted by atomic mass is 16.5. The molecule has 5 heteroatoms. The molecule has 0 saturated carbocycles. The van der Waals surface area contributed by atoms with E-state index in [9.17, 15) is 4.79 Å². The van der Waals surface area contributed by atoms with Gasteiger partial charge >= 0.3 is 0 Å². The van der Waals surface area contributed by atoms with Crippen molar-refractivity contribution in [2.75, 3.05) is 25.5 Å². The molecule has 4 rings (SSSR count). The van der Waals surface area contributed by atoms with E-state index in [4.69, 9.17) is 9.15 Å². The van der Waals surface area contributed by atoms with Crippen molar-refractivity contribution < 1.29 is 13.9 Å². The Kier molecular flexibility index (Phi) is 6.42. The van der Waals surface area contributed by atoms with Crippen molar-refractivity contribution >= 4 is 11.6 Å². The van der Waals surface area contributed by atoms with Gasteiger partial charge in [-0.2, -0.15) is 0 Å². The van der Waals surface area contributed by atoms with E-state index >= 15 is 0 Å². The number of piperidine rings is 1. The average Bonchev–Trinajstić information content (AvgIpc) is 3.11. The van der Waals surface area contributed by atoms with E-state index in [0.29, 0.717) is 0 Å². The lowest BCUT2D eigenvalue weighted by Gasteiger charge is -2.30. The highest BCUT2D eigenvalue weighted by Crippen LogP contribution is 2.31. The van der Waals surface area contributed by atoms with Gasteiger partial charge in [-0.05, 0) is 75.2 Å². The Labute approximate surface area is 184 Å². The Bertz CT molecular complexity index is 1030. The second-order valence-corrected chi connectivity index (χ2v) is 8.27. The fourth-order valence-corrected chi connectivity index (χ4v) is 4.17. The number of hydrogen-bond donors (Lipinski definition) is 1. The molecule has 0 radical (unpaired) electrons. The van der Waals surface area contributed by atoms with Gasteiger partial charge in [-0.25, -0.2) is 0 Å².